The van der Waals surface area contributed by atoms with Crippen LogP contribution in [-0.4, -0.2) is 36.7 Å². The molecule has 0 bridgehead atoms. The molecule has 1 amide bonds. The summed E-state index contributed by atoms with van der Waals surface area (Å²) in [6.45, 7) is 5.83. The third-order valence-corrected chi connectivity index (χ3v) is 5.76. The van der Waals surface area contributed by atoms with Crippen molar-refractivity contribution < 1.29 is 19.0 Å². The fraction of sp³-hybridized carbons (Fsp3) is 0.273. The number of ether oxygens (including phenoxy) is 3. The van der Waals surface area contributed by atoms with Crippen LogP contribution >= 0.6 is 35.6 Å². The highest BCUT2D eigenvalue weighted by molar-refractivity contribution is 8.26. The molecule has 5 nitrogen and oxygen atoms in total. The maximum absolute atomic E-state index is 11.9. The van der Waals surface area contributed by atoms with Crippen molar-refractivity contribution in [2.45, 2.75) is 13.8 Å². The minimum Gasteiger partial charge on any atom is -0.491 e. The van der Waals surface area contributed by atoms with Crippen LogP contribution < -0.4 is 14.8 Å². The highest BCUT2D eigenvalue weighted by Crippen LogP contribution is 2.31. The van der Waals surface area contributed by atoms with Crippen molar-refractivity contribution in [2.75, 3.05) is 26.4 Å². The van der Waals surface area contributed by atoms with Crippen molar-refractivity contribution >= 4 is 51.9 Å². The smallest absolute Gasteiger partial charge is 0.263 e. The monoisotopic (exact) mass is 463 g/mol. The maximum atomic E-state index is 11.9. The van der Waals surface area contributed by atoms with Crippen LogP contribution in [0.25, 0.3) is 6.08 Å². The fourth-order valence-electron chi connectivity index (χ4n) is 2.66. The zero-order chi connectivity index (χ0) is 21.5. The Kier molecular flexibility index (Phi) is 8.16. The number of halogens is 1. The minimum atomic E-state index is -0.219. The number of nitrogens with one attached hydrogen (secondary N) is 1. The quantitative estimate of drug-likeness (QED) is 0.323. The van der Waals surface area contributed by atoms with E-state index >= 15 is 0 Å². The summed E-state index contributed by atoms with van der Waals surface area (Å²) in [6.07, 6.45) is 1.72. The summed E-state index contributed by atoms with van der Waals surface area (Å²) in [5.41, 5.74) is 3.15. The average molecular weight is 464 g/mol. The topological polar surface area (TPSA) is 56.8 Å². The number of hydrogen-bond donors (Lipinski definition) is 1. The second kappa shape index (κ2) is 10.8. The van der Waals surface area contributed by atoms with Crippen molar-refractivity contribution in [1.82, 2.24) is 5.32 Å². The number of rotatable bonds is 9. The predicted octanol–water partition coefficient (Wildman–Crippen LogP) is 4.92. The second-order valence-corrected chi connectivity index (χ2v) is 8.75. The van der Waals surface area contributed by atoms with E-state index in [0.29, 0.717) is 52.0 Å². The van der Waals surface area contributed by atoms with Crippen LogP contribution in [0.1, 0.15) is 16.7 Å². The maximum Gasteiger partial charge on any atom is 0.263 e. The highest BCUT2D eigenvalue weighted by Gasteiger charge is 2.22. The lowest BCUT2D eigenvalue weighted by molar-refractivity contribution is -0.115. The van der Waals surface area contributed by atoms with Crippen molar-refractivity contribution in [3.8, 4) is 11.5 Å². The van der Waals surface area contributed by atoms with E-state index in [1.807, 2.05) is 18.2 Å². The molecule has 1 heterocycles. The standard InChI is InChI=1S/C22H22ClNO4S2/c1-14-3-5-18(11-15(14)2)27-9-7-26-8-10-28-19-6-4-17(23)12-16(19)13-20-21(25)24-22(29)30-20/h3-6,11-13H,7-10H2,1-2H3,(H,24,25,29)/b20-13+. The molecular formula is C22H22ClNO4S2. The van der Waals surface area contributed by atoms with Crippen molar-refractivity contribution in [1.29, 1.82) is 0 Å². The number of benzene rings is 2. The number of amides is 1. The summed E-state index contributed by atoms with van der Waals surface area (Å²) in [4.78, 5) is 12.4. The van der Waals surface area contributed by atoms with E-state index in [1.165, 1.54) is 22.9 Å². The Morgan fingerprint density at radius 3 is 2.50 bits per heavy atom. The zero-order valence-corrected chi connectivity index (χ0v) is 19.1. The molecule has 1 fully saturated rings. The first kappa shape index (κ1) is 22.6. The van der Waals surface area contributed by atoms with Gasteiger partial charge in [0.1, 0.15) is 29.0 Å². The molecule has 2 aromatic carbocycles. The second-order valence-electron chi connectivity index (χ2n) is 6.59. The summed E-state index contributed by atoms with van der Waals surface area (Å²) in [6, 6.07) is 11.3. The molecule has 0 aromatic heterocycles. The van der Waals surface area contributed by atoms with Gasteiger partial charge in [-0.3, -0.25) is 4.79 Å². The molecule has 0 saturated carbocycles. The van der Waals surface area contributed by atoms with Gasteiger partial charge < -0.3 is 19.5 Å². The summed E-state index contributed by atoms with van der Waals surface area (Å²) >= 11 is 12.3. The Balaban J connectivity index is 1.45. The molecule has 0 unspecified atom stereocenters. The first-order chi connectivity index (χ1) is 14.4. The molecule has 0 aliphatic carbocycles. The molecule has 30 heavy (non-hydrogen) atoms. The molecule has 0 radical (unpaired) electrons. The Morgan fingerprint density at radius 2 is 1.80 bits per heavy atom. The van der Waals surface area contributed by atoms with Crippen molar-refractivity contribution in [3.05, 3.63) is 63.0 Å². The van der Waals surface area contributed by atoms with Gasteiger partial charge in [0.25, 0.3) is 5.91 Å². The Labute approximate surface area is 190 Å². The van der Waals surface area contributed by atoms with E-state index in [9.17, 15) is 4.79 Å². The van der Waals surface area contributed by atoms with Gasteiger partial charge in [-0.15, -0.1) is 0 Å². The molecular weight excluding hydrogens is 442 g/mol. The third-order valence-electron chi connectivity index (χ3n) is 4.36. The van der Waals surface area contributed by atoms with E-state index in [1.54, 1.807) is 24.3 Å². The molecule has 0 spiro atoms. The number of carbonyl (C=O) groups excluding carboxylic acids is 1. The number of aryl methyl sites for hydroxylation is 2. The third kappa shape index (κ3) is 6.47. The van der Waals surface area contributed by atoms with Crippen molar-refractivity contribution in [3.63, 3.8) is 0 Å². The molecule has 0 atom stereocenters. The number of thiocarbonyl (C=S) groups is 1. The van der Waals surface area contributed by atoms with Gasteiger partial charge >= 0.3 is 0 Å². The van der Waals surface area contributed by atoms with Crippen LogP contribution in [-0.2, 0) is 9.53 Å². The van der Waals surface area contributed by atoms with Gasteiger partial charge in [0.2, 0.25) is 0 Å². The molecule has 1 aliphatic rings. The van der Waals surface area contributed by atoms with Crippen LogP contribution in [0.3, 0.4) is 0 Å². The van der Waals surface area contributed by atoms with E-state index in [4.69, 9.17) is 38.0 Å². The van der Waals surface area contributed by atoms with Crippen LogP contribution in [0.2, 0.25) is 5.02 Å². The molecule has 3 rings (SSSR count). The van der Waals surface area contributed by atoms with E-state index in [-0.39, 0.29) is 5.91 Å². The molecule has 2 aromatic rings. The zero-order valence-electron chi connectivity index (χ0n) is 16.7. The van der Waals surface area contributed by atoms with Gasteiger partial charge in [-0.25, -0.2) is 0 Å². The normalized spacial score (nSPS) is 14.8. The minimum absolute atomic E-state index is 0.219. The van der Waals surface area contributed by atoms with E-state index in [0.717, 1.165) is 5.75 Å². The van der Waals surface area contributed by atoms with E-state index in [2.05, 4.69) is 19.2 Å². The van der Waals surface area contributed by atoms with Gasteiger partial charge in [0, 0.05) is 10.6 Å². The van der Waals surface area contributed by atoms with Crippen LogP contribution in [0, 0.1) is 13.8 Å². The Hall–Kier alpha value is -2.06. The lowest BCUT2D eigenvalue weighted by Crippen LogP contribution is -2.17. The van der Waals surface area contributed by atoms with Crippen LogP contribution in [0.5, 0.6) is 11.5 Å². The van der Waals surface area contributed by atoms with Gasteiger partial charge in [-0.2, -0.15) is 0 Å². The average Bonchev–Trinajstić information content (AvgIpc) is 3.02. The lowest BCUT2D eigenvalue weighted by atomic mass is 10.1. The fourth-order valence-corrected chi connectivity index (χ4v) is 3.88. The van der Waals surface area contributed by atoms with Gasteiger partial charge in [-0.1, -0.05) is 41.6 Å². The van der Waals surface area contributed by atoms with E-state index < -0.39 is 0 Å². The van der Waals surface area contributed by atoms with Gasteiger partial charge in [0.15, 0.2) is 0 Å². The first-order valence-corrected chi connectivity index (χ1v) is 11.0. The number of thioether (sulfide) groups is 1. The molecule has 1 aliphatic heterocycles. The summed E-state index contributed by atoms with van der Waals surface area (Å²) in [5, 5.41) is 3.15. The lowest BCUT2D eigenvalue weighted by Gasteiger charge is -2.11. The Bertz CT molecular complexity index is 978. The number of hydrogen-bond acceptors (Lipinski definition) is 6. The van der Waals surface area contributed by atoms with Crippen LogP contribution in [0.15, 0.2) is 41.3 Å². The first-order valence-electron chi connectivity index (χ1n) is 9.37. The summed E-state index contributed by atoms with van der Waals surface area (Å²) in [5.74, 6) is 1.24. The highest BCUT2D eigenvalue weighted by atomic mass is 35.5. The number of carbonyl (C=O) groups is 1. The molecule has 8 heteroatoms. The predicted molar refractivity (Wildman–Crippen MR) is 125 cm³/mol. The molecule has 1 saturated heterocycles. The Morgan fingerprint density at radius 1 is 1.03 bits per heavy atom. The summed E-state index contributed by atoms with van der Waals surface area (Å²) < 4.78 is 17.5. The van der Waals surface area contributed by atoms with Gasteiger partial charge in [0.05, 0.1) is 18.1 Å². The van der Waals surface area contributed by atoms with Crippen molar-refractivity contribution in [2.24, 2.45) is 0 Å². The SMILES string of the molecule is Cc1ccc(OCCOCCOc2ccc(Cl)cc2/C=C2/SC(=S)NC2=O)cc1C. The van der Waals surface area contributed by atoms with Crippen LogP contribution in [0.4, 0.5) is 0 Å². The largest absolute Gasteiger partial charge is 0.491 e. The molecule has 158 valence electrons. The summed E-state index contributed by atoms with van der Waals surface area (Å²) in [7, 11) is 0. The van der Waals surface area contributed by atoms with Gasteiger partial charge in [-0.05, 0) is 61.4 Å². The molecule has 1 N–H and O–H groups in total.